The third kappa shape index (κ3) is 21.1. The van der Waals surface area contributed by atoms with Crippen LogP contribution in [0, 0.1) is 209 Å². The number of carbonyl (C=O) groups excluding carboxylic acids is 1. The molecule has 16 aliphatic rings. The molecule has 0 spiro atoms. The second-order valence-electron chi connectivity index (χ2n) is 53.7. The van der Waals surface area contributed by atoms with Crippen LogP contribution in [0.3, 0.4) is 0 Å². The third-order valence-corrected chi connectivity index (χ3v) is 45.0. The number of rotatable bonds is 20. The summed E-state index contributed by atoms with van der Waals surface area (Å²) in [6.07, 6.45) is 53.3. The van der Waals surface area contributed by atoms with Gasteiger partial charge in [0.15, 0.2) is 0 Å². The molecule has 713 valence electrons. The fourth-order valence-corrected chi connectivity index (χ4v) is 37.3. The second-order valence-corrected chi connectivity index (χ2v) is 53.7. The number of fused-ring (bicyclic) bond motifs is 20. The fourth-order valence-electron chi connectivity index (χ4n) is 37.3. The fraction of sp³-hybridized carbons (Fsp3) is 0.991. The minimum atomic E-state index is -0.440. The third-order valence-electron chi connectivity index (χ3n) is 45.0. The van der Waals surface area contributed by atoms with Crippen LogP contribution in [-0.4, -0.2) is 103 Å². The maximum atomic E-state index is 13.0. The normalized spacial score (nSPS) is 48.6. The molecule has 0 saturated heterocycles. The Kier molecular flexibility index (Phi) is 35.2. The molecule has 9 nitrogen and oxygen atoms in total. The van der Waals surface area contributed by atoms with Crippen molar-refractivity contribution in [1.82, 2.24) is 0 Å². The Balaban J connectivity index is 0.000000186. The van der Waals surface area contributed by atoms with E-state index < -0.39 is 22.4 Å². The number of hydrogen-bond donors (Lipinski definition) is 8. The van der Waals surface area contributed by atoms with Crippen LogP contribution in [0.5, 0.6) is 0 Å². The van der Waals surface area contributed by atoms with Crippen LogP contribution in [0.25, 0.3) is 0 Å². The summed E-state index contributed by atoms with van der Waals surface area (Å²) in [5, 5.41) is 82.8. The minimum Gasteiger partial charge on any atom is -1.00 e. The predicted octanol–water partition coefficient (Wildman–Crippen LogP) is 23.9. The summed E-state index contributed by atoms with van der Waals surface area (Å²) in [4.78, 5) is 13.0. The van der Waals surface area contributed by atoms with Crippen molar-refractivity contribution in [2.75, 3.05) is 7.11 Å². The Morgan fingerprint density at radius 1 is 0.274 bits per heavy atom. The molecule has 0 amide bonds. The first-order chi connectivity index (χ1) is 56.9. The average Bonchev–Trinajstić information content (AvgIpc) is 1.67. The van der Waals surface area contributed by atoms with Crippen molar-refractivity contribution in [3.05, 3.63) is 0 Å². The smallest absolute Gasteiger partial charge is 1.00 e. The van der Waals surface area contributed by atoms with Crippen molar-refractivity contribution in [3.63, 3.8) is 0 Å². The predicted molar refractivity (Wildman–Crippen MR) is 514 cm³/mol. The van der Waals surface area contributed by atoms with E-state index in [4.69, 9.17) is 5.11 Å². The first-order valence-electron chi connectivity index (χ1n) is 53.8. The summed E-state index contributed by atoms with van der Waals surface area (Å²) in [5.74, 6) is 20.7. The summed E-state index contributed by atoms with van der Waals surface area (Å²) < 4.78 is 0. The van der Waals surface area contributed by atoms with Crippen molar-refractivity contribution in [2.24, 2.45) is 209 Å². The average molecular weight is 1740 g/mol. The Morgan fingerprint density at radius 3 is 0.710 bits per heavy atom. The molecule has 0 aromatic carbocycles. The van der Waals surface area contributed by atoms with Crippen LogP contribution < -0.4 is 29.6 Å². The molecule has 0 heterocycles. The Labute approximate surface area is 790 Å². The van der Waals surface area contributed by atoms with Crippen molar-refractivity contribution >= 4 is 14.2 Å². The molecular weight excluding hydrogens is 1540 g/mol. The maximum absolute atomic E-state index is 13.0. The summed E-state index contributed by atoms with van der Waals surface area (Å²) in [5.41, 5.74) is 1.73. The van der Waals surface area contributed by atoms with E-state index in [0.717, 1.165) is 199 Å². The summed E-state index contributed by atoms with van der Waals surface area (Å²) >= 11 is 0. The van der Waals surface area contributed by atoms with Gasteiger partial charge in [-0.05, 0) is 507 Å². The van der Waals surface area contributed by atoms with Crippen LogP contribution in [0.2, 0.25) is 0 Å². The number of carbonyl (C=O) groups is 1. The standard InChI is InChI=1S/3C28H50O2.C28H48O2.CH4O.B.Na.H/c4*1-18(2)7-12-25(29)19(3)22-10-11-23-21-9-8-20-17-26(4,30)15-16-27(20,5)24(21)13-14-28(22,23)6;1-2;;;/h3*18-25,29-30H,7-17H2,1-6H3;18-24,30H,7-17H2,1-6H3;2H,1H3;;;/q;;;;;;+1;-1/t19-,20-,21-,22+,23-,24-,25+,26-,27-,28+;2*19-,20-,21-,22+,23-,24-,25-,26-,27-,28+;19-,20-,21-,22+,23-,24-,26-,27-,28+;;;;/m0000..../s1. The van der Waals surface area contributed by atoms with Gasteiger partial charge in [0, 0.05) is 27.9 Å². The molecule has 39 atom stereocenters. The maximum Gasteiger partial charge on any atom is 1.00 e. The van der Waals surface area contributed by atoms with Gasteiger partial charge in [0.1, 0.15) is 5.78 Å². The van der Waals surface area contributed by atoms with E-state index in [1.807, 2.05) is 0 Å². The molecule has 16 aliphatic carbocycles. The number of hydrogen-bond acceptors (Lipinski definition) is 9. The van der Waals surface area contributed by atoms with Gasteiger partial charge in [-0.3, -0.25) is 4.79 Å². The van der Waals surface area contributed by atoms with E-state index in [-0.39, 0.29) is 63.6 Å². The van der Waals surface area contributed by atoms with Crippen LogP contribution in [0.15, 0.2) is 0 Å². The Bertz CT molecular complexity index is 3120. The van der Waals surface area contributed by atoms with Crippen molar-refractivity contribution < 1.29 is 76.6 Å². The molecular formula is C113H203BNaO9. The number of aliphatic hydroxyl groups excluding tert-OH is 4. The van der Waals surface area contributed by atoms with E-state index in [0.29, 0.717) is 120 Å². The van der Waals surface area contributed by atoms with Crippen LogP contribution >= 0.6 is 0 Å². The first kappa shape index (κ1) is 106. The molecule has 16 fully saturated rings. The summed E-state index contributed by atoms with van der Waals surface area (Å²) in [6.45, 7) is 56.5. The molecule has 0 unspecified atom stereocenters. The molecule has 16 rings (SSSR count). The first-order valence-corrected chi connectivity index (χ1v) is 53.8. The van der Waals surface area contributed by atoms with Gasteiger partial charge in [0.05, 0.1) is 40.7 Å². The molecule has 8 N–H and O–H groups in total. The van der Waals surface area contributed by atoms with E-state index in [1.54, 1.807) is 0 Å². The van der Waals surface area contributed by atoms with E-state index in [2.05, 4.69) is 166 Å². The number of aliphatic hydroxyl groups is 8. The van der Waals surface area contributed by atoms with Gasteiger partial charge in [-0.2, -0.15) is 0 Å². The van der Waals surface area contributed by atoms with Crippen LogP contribution in [0.4, 0.5) is 0 Å². The van der Waals surface area contributed by atoms with Gasteiger partial charge in [-0.1, -0.05) is 138 Å². The van der Waals surface area contributed by atoms with Crippen molar-refractivity contribution in [3.8, 4) is 0 Å². The molecule has 11 heteroatoms. The van der Waals surface area contributed by atoms with E-state index >= 15 is 0 Å². The molecule has 0 aromatic heterocycles. The molecule has 0 bridgehead atoms. The van der Waals surface area contributed by atoms with Gasteiger partial charge in [-0.25, -0.2) is 0 Å². The number of Topliss-reactive ketones (excluding diaryl/α,β-unsaturated/α-hetero) is 1. The summed E-state index contributed by atoms with van der Waals surface area (Å²) in [7, 11) is 1.00. The van der Waals surface area contributed by atoms with Crippen molar-refractivity contribution in [2.45, 2.75) is 489 Å². The zero-order valence-corrected chi connectivity index (χ0v) is 88.1. The van der Waals surface area contributed by atoms with Crippen molar-refractivity contribution in [1.29, 1.82) is 0 Å². The molecule has 16 saturated carbocycles. The minimum absolute atomic E-state index is 0. The second kappa shape index (κ2) is 41.0. The van der Waals surface area contributed by atoms with E-state index in [9.17, 15) is 40.5 Å². The largest absolute Gasteiger partial charge is 1.00 e. The SMILES string of the molecule is CC(C)CCC(=O)[C@@H](C)[C@H]1CC[C@H]2[C@@H]3CC[C@H]4C[C@@](C)(O)CC[C@]4(C)[C@H]3CC[C@]12C.CC(C)CC[C@@H](O)[C@@H](C)[C@H]1CC[C@H]2[C@@H]3CC[C@H]4C[C@@](C)(O)CC[C@]4(C)[C@H]3CC[C@]12C.CC(C)CC[C@H](O)[C@@H](C)[C@H]1CC[C@H]2[C@@H]3CC[C@H]4C[C@@](C)(O)CC[C@]4(C)[C@H]3CC[C@]12C.CC(C)CC[C@H](O)[C@@H](C)[C@H]1CC[C@H]2[C@@H]3CC[C@H]4C[C@@](C)(O)CC[C@]4(C)[C@H]3CC[C@]12C.CO.[B].[H-].[Na+]. The van der Waals surface area contributed by atoms with Gasteiger partial charge in [0.25, 0.3) is 0 Å². The molecule has 0 aliphatic heterocycles. The Morgan fingerprint density at radius 2 is 0.484 bits per heavy atom. The quantitative estimate of drug-likeness (QED) is 0.0551. The van der Waals surface area contributed by atoms with Gasteiger partial charge < -0.3 is 42.3 Å². The van der Waals surface area contributed by atoms with Crippen LogP contribution in [0.1, 0.15) is 450 Å². The molecule has 3 radical (unpaired) electrons. The topological polar surface area (TPSA) is 179 Å². The van der Waals surface area contributed by atoms with E-state index in [1.165, 1.54) is 180 Å². The molecule has 124 heavy (non-hydrogen) atoms. The van der Waals surface area contributed by atoms with Gasteiger partial charge >= 0.3 is 29.6 Å². The monoisotopic (exact) mass is 1740 g/mol. The van der Waals surface area contributed by atoms with Gasteiger partial charge in [-0.15, -0.1) is 0 Å². The summed E-state index contributed by atoms with van der Waals surface area (Å²) in [6, 6.07) is 0. The zero-order valence-electron chi connectivity index (χ0n) is 87.1. The van der Waals surface area contributed by atoms with Gasteiger partial charge in [0.2, 0.25) is 0 Å². The van der Waals surface area contributed by atoms with Crippen LogP contribution in [-0.2, 0) is 4.79 Å². The molecule has 0 aromatic rings. The zero-order chi connectivity index (χ0) is 89.6. The Hall–Kier alpha value is 0.415. The number of ketones is 1.